The van der Waals surface area contributed by atoms with E-state index in [1.165, 1.54) is 7.11 Å². The third kappa shape index (κ3) is 2.59. The maximum atomic E-state index is 11.7. The van der Waals surface area contributed by atoms with E-state index in [-0.39, 0.29) is 0 Å². The number of carbonyl (C=O) groups excluding carboxylic acids is 1. The highest BCUT2D eigenvalue weighted by Crippen LogP contribution is 2.32. The molecule has 0 aromatic heterocycles. The number of hydrogen-bond donors (Lipinski definition) is 1. The molecule has 4 heteroatoms. The fraction of sp³-hybridized carbons (Fsp3) is 0.188. The summed E-state index contributed by atoms with van der Waals surface area (Å²) >= 11 is 0. The smallest absolute Gasteiger partial charge is 0.340 e. The molecule has 0 saturated heterocycles. The van der Waals surface area contributed by atoms with Crippen molar-refractivity contribution < 1.29 is 9.53 Å². The normalized spacial score (nSPS) is 10.1. The van der Waals surface area contributed by atoms with Crippen LogP contribution in [0.5, 0.6) is 0 Å². The zero-order valence-electron chi connectivity index (χ0n) is 11.7. The van der Waals surface area contributed by atoms with Crippen molar-refractivity contribution in [1.29, 1.82) is 0 Å². The lowest BCUT2D eigenvalue weighted by atomic mass is 10.1. The number of rotatable bonds is 4. The lowest BCUT2D eigenvalue weighted by molar-refractivity contribution is 0.0602. The Bertz CT molecular complexity index is 597. The molecule has 104 valence electrons. The Morgan fingerprint density at radius 1 is 1.15 bits per heavy atom. The van der Waals surface area contributed by atoms with Gasteiger partial charge in [-0.25, -0.2) is 4.79 Å². The van der Waals surface area contributed by atoms with Crippen molar-refractivity contribution in [3.8, 4) is 0 Å². The number of esters is 1. The van der Waals surface area contributed by atoms with Gasteiger partial charge in [-0.1, -0.05) is 24.3 Å². The van der Waals surface area contributed by atoms with Gasteiger partial charge in [0.15, 0.2) is 0 Å². The molecule has 20 heavy (non-hydrogen) atoms. The number of ether oxygens (including phenoxy) is 1. The van der Waals surface area contributed by atoms with Crippen molar-refractivity contribution in [2.75, 3.05) is 24.3 Å². The molecule has 0 heterocycles. The van der Waals surface area contributed by atoms with Crippen LogP contribution in [0.4, 0.5) is 17.1 Å². The van der Waals surface area contributed by atoms with E-state index in [0.29, 0.717) is 11.3 Å². The molecule has 2 N–H and O–H groups in total. The van der Waals surface area contributed by atoms with Gasteiger partial charge in [0.2, 0.25) is 0 Å². The zero-order valence-corrected chi connectivity index (χ0v) is 11.7. The molecule has 4 nitrogen and oxygen atoms in total. The molecule has 2 aromatic rings. The summed E-state index contributed by atoms with van der Waals surface area (Å²) in [5.74, 6) is -0.423. The van der Waals surface area contributed by atoms with Crippen LogP contribution in [0.15, 0.2) is 48.5 Å². The first-order chi connectivity index (χ1) is 9.69. The van der Waals surface area contributed by atoms with Gasteiger partial charge in [-0.05, 0) is 31.2 Å². The van der Waals surface area contributed by atoms with Crippen LogP contribution in [0.2, 0.25) is 0 Å². The van der Waals surface area contributed by atoms with Crippen LogP contribution in [0.25, 0.3) is 0 Å². The molecule has 0 aliphatic heterocycles. The second kappa shape index (κ2) is 6.10. The zero-order chi connectivity index (χ0) is 14.5. The number of para-hydroxylation sites is 2. The highest BCUT2D eigenvalue weighted by molar-refractivity contribution is 5.99. The topological polar surface area (TPSA) is 55.6 Å². The summed E-state index contributed by atoms with van der Waals surface area (Å²) in [5, 5.41) is 0. The van der Waals surface area contributed by atoms with E-state index in [2.05, 4.69) is 4.90 Å². The van der Waals surface area contributed by atoms with Gasteiger partial charge in [-0.2, -0.15) is 0 Å². The van der Waals surface area contributed by atoms with Crippen LogP contribution in [0.1, 0.15) is 17.3 Å². The first-order valence-electron chi connectivity index (χ1n) is 6.48. The van der Waals surface area contributed by atoms with Gasteiger partial charge in [-0.3, -0.25) is 0 Å². The van der Waals surface area contributed by atoms with E-state index in [9.17, 15) is 4.79 Å². The van der Waals surface area contributed by atoms with E-state index in [1.807, 2.05) is 49.4 Å². The van der Waals surface area contributed by atoms with E-state index in [1.54, 1.807) is 6.07 Å². The van der Waals surface area contributed by atoms with Gasteiger partial charge in [0, 0.05) is 12.2 Å². The van der Waals surface area contributed by atoms with Gasteiger partial charge in [0.1, 0.15) is 0 Å². The van der Waals surface area contributed by atoms with E-state index < -0.39 is 5.97 Å². The third-order valence-corrected chi connectivity index (χ3v) is 3.16. The molecule has 0 amide bonds. The van der Waals surface area contributed by atoms with E-state index in [4.69, 9.17) is 10.5 Å². The number of nitrogens with two attached hydrogens (primary N) is 1. The molecular weight excluding hydrogens is 252 g/mol. The second-order valence-corrected chi connectivity index (χ2v) is 4.31. The maximum Gasteiger partial charge on any atom is 0.340 e. The Balaban J connectivity index is 2.48. The van der Waals surface area contributed by atoms with E-state index >= 15 is 0 Å². The summed E-state index contributed by atoms with van der Waals surface area (Å²) in [6, 6.07) is 15.3. The summed E-state index contributed by atoms with van der Waals surface area (Å²) in [4.78, 5) is 13.8. The SMILES string of the molecule is CCN(c1ccccc1)c1cccc(C(=O)OC)c1N. The number of anilines is 3. The molecule has 0 fully saturated rings. The average Bonchev–Trinajstić information content (AvgIpc) is 2.50. The van der Waals surface area contributed by atoms with Crippen LogP contribution < -0.4 is 10.6 Å². The minimum Gasteiger partial charge on any atom is -0.465 e. The third-order valence-electron chi connectivity index (χ3n) is 3.16. The Labute approximate surface area is 118 Å². The molecular formula is C16H18N2O2. The van der Waals surface area contributed by atoms with Crippen molar-refractivity contribution in [1.82, 2.24) is 0 Å². The Kier molecular flexibility index (Phi) is 4.25. The average molecular weight is 270 g/mol. The fourth-order valence-corrected chi connectivity index (χ4v) is 2.18. The maximum absolute atomic E-state index is 11.7. The molecule has 0 aliphatic carbocycles. The van der Waals surface area contributed by atoms with Crippen molar-refractivity contribution in [3.63, 3.8) is 0 Å². The summed E-state index contributed by atoms with van der Waals surface area (Å²) in [5.41, 5.74) is 8.79. The summed E-state index contributed by atoms with van der Waals surface area (Å²) in [6.07, 6.45) is 0. The van der Waals surface area contributed by atoms with Gasteiger partial charge in [0.25, 0.3) is 0 Å². The molecule has 0 saturated carbocycles. The monoisotopic (exact) mass is 270 g/mol. The van der Waals surface area contributed by atoms with Crippen LogP contribution in [0.3, 0.4) is 0 Å². The fourth-order valence-electron chi connectivity index (χ4n) is 2.18. The molecule has 0 radical (unpaired) electrons. The van der Waals surface area contributed by atoms with Gasteiger partial charge in [0.05, 0.1) is 24.0 Å². The molecule has 0 bridgehead atoms. The first kappa shape index (κ1) is 13.9. The van der Waals surface area contributed by atoms with Crippen LogP contribution >= 0.6 is 0 Å². The number of carbonyl (C=O) groups is 1. The summed E-state index contributed by atoms with van der Waals surface area (Å²) in [7, 11) is 1.35. The lowest BCUT2D eigenvalue weighted by Crippen LogP contribution is -2.19. The van der Waals surface area contributed by atoms with Gasteiger partial charge >= 0.3 is 5.97 Å². The Hall–Kier alpha value is -2.49. The van der Waals surface area contributed by atoms with Crippen molar-refractivity contribution in [2.45, 2.75) is 6.92 Å². The quantitative estimate of drug-likeness (QED) is 0.684. The predicted molar refractivity (Wildman–Crippen MR) is 81.3 cm³/mol. The molecule has 0 atom stereocenters. The van der Waals surface area contributed by atoms with Crippen LogP contribution in [-0.2, 0) is 4.74 Å². The van der Waals surface area contributed by atoms with Crippen molar-refractivity contribution >= 4 is 23.0 Å². The molecule has 2 rings (SSSR count). The highest BCUT2D eigenvalue weighted by atomic mass is 16.5. The molecule has 0 aliphatic rings. The van der Waals surface area contributed by atoms with Crippen LogP contribution in [-0.4, -0.2) is 19.6 Å². The predicted octanol–water partition coefficient (Wildman–Crippen LogP) is 3.21. The summed E-state index contributed by atoms with van der Waals surface area (Å²) < 4.78 is 4.75. The number of benzene rings is 2. The number of methoxy groups -OCH3 is 1. The van der Waals surface area contributed by atoms with Crippen molar-refractivity contribution in [3.05, 3.63) is 54.1 Å². The van der Waals surface area contributed by atoms with Gasteiger partial charge in [-0.15, -0.1) is 0 Å². The largest absolute Gasteiger partial charge is 0.465 e. The minimum absolute atomic E-state index is 0.388. The Morgan fingerprint density at radius 3 is 2.45 bits per heavy atom. The Morgan fingerprint density at radius 2 is 1.85 bits per heavy atom. The number of nitrogen functional groups attached to an aromatic ring is 1. The first-order valence-corrected chi connectivity index (χ1v) is 6.48. The number of nitrogens with zero attached hydrogens (tertiary/aromatic N) is 1. The van der Waals surface area contributed by atoms with Crippen LogP contribution in [0, 0.1) is 0 Å². The number of hydrogen-bond acceptors (Lipinski definition) is 4. The molecule has 0 spiro atoms. The van der Waals surface area contributed by atoms with E-state index in [0.717, 1.165) is 17.9 Å². The standard InChI is InChI=1S/C16H18N2O2/c1-3-18(12-8-5-4-6-9-12)14-11-7-10-13(15(14)17)16(19)20-2/h4-11H,3,17H2,1-2H3. The molecule has 0 unspecified atom stereocenters. The molecule has 2 aromatic carbocycles. The van der Waals surface area contributed by atoms with Gasteiger partial charge < -0.3 is 15.4 Å². The summed E-state index contributed by atoms with van der Waals surface area (Å²) in [6.45, 7) is 2.79. The minimum atomic E-state index is -0.423. The van der Waals surface area contributed by atoms with Crippen molar-refractivity contribution in [2.24, 2.45) is 0 Å². The highest BCUT2D eigenvalue weighted by Gasteiger charge is 2.16. The second-order valence-electron chi connectivity index (χ2n) is 4.31. The lowest BCUT2D eigenvalue weighted by Gasteiger charge is -2.25.